The van der Waals surface area contributed by atoms with Crippen LogP contribution in [0, 0.1) is 5.82 Å². The lowest BCUT2D eigenvalue weighted by Crippen LogP contribution is -2.32. The van der Waals surface area contributed by atoms with Gasteiger partial charge in [-0.1, -0.05) is 12.1 Å². The number of likely N-dealkylation sites (tertiary alicyclic amines) is 1. The van der Waals surface area contributed by atoms with Gasteiger partial charge in [-0.3, -0.25) is 9.78 Å². The fraction of sp³-hybridized carbons (Fsp3) is 0.360. The van der Waals surface area contributed by atoms with E-state index in [9.17, 15) is 9.18 Å². The highest BCUT2D eigenvalue weighted by Gasteiger charge is 2.28. The fourth-order valence-electron chi connectivity index (χ4n) is 4.78. The van der Waals surface area contributed by atoms with Crippen LogP contribution in [0.5, 0.6) is 5.75 Å². The van der Waals surface area contributed by atoms with Gasteiger partial charge in [0, 0.05) is 42.9 Å². The lowest BCUT2D eigenvalue weighted by atomic mass is 9.95. The number of rotatable bonds is 6. The number of nitrogens with zero attached hydrogens (tertiary/aromatic N) is 2. The Kier molecular flexibility index (Phi) is 5.66. The van der Waals surface area contributed by atoms with E-state index in [1.807, 2.05) is 12.1 Å². The summed E-state index contributed by atoms with van der Waals surface area (Å²) >= 11 is 0. The number of H-pyrrole nitrogens is 1. The van der Waals surface area contributed by atoms with Gasteiger partial charge in [0.25, 0.3) is 5.91 Å². The second-order valence-electron chi connectivity index (χ2n) is 8.60. The molecule has 2 aliphatic heterocycles. The molecule has 0 saturated carbocycles. The summed E-state index contributed by atoms with van der Waals surface area (Å²) in [6.45, 7) is 2.28. The van der Waals surface area contributed by atoms with Crippen LogP contribution in [0.15, 0.2) is 42.7 Å². The van der Waals surface area contributed by atoms with Gasteiger partial charge in [-0.2, -0.15) is 0 Å². The number of fused-ring (bicyclic) bond motifs is 1. The first-order valence-corrected chi connectivity index (χ1v) is 11.1. The van der Waals surface area contributed by atoms with Crippen LogP contribution in [0.2, 0.25) is 0 Å². The minimum atomic E-state index is -0.286. The number of carbonyl (C=O) groups excluding carboxylic acids is 1. The van der Waals surface area contributed by atoms with E-state index in [4.69, 9.17) is 4.74 Å². The number of nitrogens with one attached hydrogen (secondary N) is 2. The van der Waals surface area contributed by atoms with Crippen LogP contribution < -0.4 is 10.1 Å². The van der Waals surface area contributed by atoms with Crippen molar-refractivity contribution < 1.29 is 13.9 Å². The zero-order valence-corrected chi connectivity index (χ0v) is 18.2. The van der Waals surface area contributed by atoms with Crippen molar-refractivity contribution in [1.82, 2.24) is 20.2 Å². The first kappa shape index (κ1) is 20.7. The molecule has 7 heteroatoms. The minimum absolute atomic E-state index is 0.0933. The first-order valence-electron chi connectivity index (χ1n) is 11.1. The van der Waals surface area contributed by atoms with Gasteiger partial charge in [-0.15, -0.1) is 0 Å². The van der Waals surface area contributed by atoms with Gasteiger partial charge in [0.05, 0.1) is 17.5 Å². The van der Waals surface area contributed by atoms with Gasteiger partial charge in [0.15, 0.2) is 0 Å². The summed E-state index contributed by atoms with van der Waals surface area (Å²) in [6.07, 6.45) is 6.94. The van der Waals surface area contributed by atoms with Crippen LogP contribution >= 0.6 is 0 Å². The number of halogens is 1. The lowest BCUT2D eigenvalue weighted by Gasteiger charge is -2.20. The highest BCUT2D eigenvalue weighted by atomic mass is 19.1. The van der Waals surface area contributed by atoms with Gasteiger partial charge >= 0.3 is 0 Å². The molecular formula is C25H27FN4O2. The van der Waals surface area contributed by atoms with E-state index >= 15 is 0 Å². The van der Waals surface area contributed by atoms with Crippen molar-refractivity contribution in [2.45, 2.75) is 31.7 Å². The van der Waals surface area contributed by atoms with E-state index in [0.29, 0.717) is 36.9 Å². The number of likely N-dealkylation sites (N-methyl/N-ethyl adjacent to an activating group) is 1. The van der Waals surface area contributed by atoms with Crippen molar-refractivity contribution in [2.24, 2.45) is 0 Å². The van der Waals surface area contributed by atoms with E-state index in [2.05, 4.69) is 27.2 Å². The fourth-order valence-corrected chi connectivity index (χ4v) is 4.78. The van der Waals surface area contributed by atoms with Crippen molar-refractivity contribution in [3.63, 3.8) is 0 Å². The Hall–Kier alpha value is -3.19. The zero-order chi connectivity index (χ0) is 22.1. The molecule has 0 unspecified atom stereocenters. The number of aromatic amines is 1. The molecule has 1 amide bonds. The van der Waals surface area contributed by atoms with E-state index in [1.165, 1.54) is 18.6 Å². The van der Waals surface area contributed by atoms with E-state index in [1.54, 1.807) is 18.5 Å². The summed E-state index contributed by atoms with van der Waals surface area (Å²) in [4.78, 5) is 22.9. The number of ether oxygens (including phenoxy) is 1. The molecule has 0 bridgehead atoms. The quantitative estimate of drug-likeness (QED) is 0.622. The number of amides is 1. The maximum absolute atomic E-state index is 13.9. The highest BCUT2D eigenvalue weighted by molar-refractivity contribution is 6.00. The van der Waals surface area contributed by atoms with Gasteiger partial charge in [-0.25, -0.2) is 4.39 Å². The molecule has 3 aromatic rings. The van der Waals surface area contributed by atoms with Crippen LogP contribution in [0.1, 0.15) is 40.0 Å². The Bertz CT molecular complexity index is 1140. The number of pyridine rings is 1. The Morgan fingerprint density at radius 3 is 3.03 bits per heavy atom. The third-order valence-electron chi connectivity index (χ3n) is 6.50. The Labute approximate surface area is 186 Å². The number of carbonyl (C=O) groups is 1. The van der Waals surface area contributed by atoms with Crippen LogP contribution in [-0.4, -0.2) is 53.6 Å². The second-order valence-corrected chi connectivity index (χ2v) is 8.60. The summed E-state index contributed by atoms with van der Waals surface area (Å²) in [5.41, 5.74) is 4.96. The van der Waals surface area contributed by atoms with Gasteiger partial charge in [-0.05, 0) is 55.8 Å². The molecule has 0 aliphatic carbocycles. The monoisotopic (exact) mass is 434 g/mol. The predicted molar refractivity (Wildman–Crippen MR) is 120 cm³/mol. The maximum atomic E-state index is 13.9. The summed E-state index contributed by atoms with van der Waals surface area (Å²) in [6, 6.07) is 8.83. The molecule has 4 heterocycles. The number of hydrogen-bond donors (Lipinski definition) is 2. The Balaban J connectivity index is 1.54. The molecule has 1 saturated heterocycles. The van der Waals surface area contributed by atoms with Crippen molar-refractivity contribution in [3.8, 4) is 17.0 Å². The van der Waals surface area contributed by atoms with E-state index in [0.717, 1.165) is 47.5 Å². The van der Waals surface area contributed by atoms with Crippen LogP contribution in [0.3, 0.4) is 0 Å². The third-order valence-corrected chi connectivity index (χ3v) is 6.50. The number of hydrogen-bond acceptors (Lipinski definition) is 4. The van der Waals surface area contributed by atoms with E-state index < -0.39 is 0 Å². The molecule has 32 heavy (non-hydrogen) atoms. The maximum Gasteiger partial charge on any atom is 0.253 e. The molecule has 1 aromatic carbocycles. The topological polar surface area (TPSA) is 70.2 Å². The molecule has 2 aliphatic rings. The molecule has 6 nitrogen and oxygen atoms in total. The second kappa shape index (κ2) is 8.74. The smallest absolute Gasteiger partial charge is 0.253 e. The molecular weight excluding hydrogens is 407 g/mol. The largest absolute Gasteiger partial charge is 0.490 e. The van der Waals surface area contributed by atoms with Crippen molar-refractivity contribution in [1.29, 1.82) is 0 Å². The molecule has 2 aromatic heterocycles. The molecule has 0 radical (unpaired) electrons. The van der Waals surface area contributed by atoms with Gasteiger partial charge < -0.3 is 19.9 Å². The standard InChI is InChI=1S/C25H27FN4O2/c1-30-11-3-6-18(30)15-32-22-14-27-9-7-19(22)24-20(13-16-4-2-5-17(26)12-16)23-21(29-24)8-10-28-25(23)31/h2,4-5,7,9,12,14,18,29H,3,6,8,10-11,13,15H2,1H3,(H,28,31)/t18-/m0/s1. The third kappa shape index (κ3) is 4.00. The summed E-state index contributed by atoms with van der Waals surface area (Å²) < 4.78 is 20.1. The van der Waals surface area contributed by atoms with E-state index in [-0.39, 0.29) is 11.7 Å². The van der Waals surface area contributed by atoms with Gasteiger partial charge in [0.1, 0.15) is 18.2 Å². The van der Waals surface area contributed by atoms with Crippen LogP contribution in [-0.2, 0) is 12.8 Å². The average Bonchev–Trinajstić information content (AvgIpc) is 3.36. The Morgan fingerprint density at radius 2 is 2.22 bits per heavy atom. The predicted octanol–water partition coefficient (Wildman–Crippen LogP) is 3.57. The molecule has 5 rings (SSSR count). The highest BCUT2D eigenvalue weighted by Crippen LogP contribution is 2.36. The van der Waals surface area contributed by atoms with Crippen molar-refractivity contribution in [3.05, 3.63) is 70.9 Å². The van der Waals surface area contributed by atoms with Crippen molar-refractivity contribution in [2.75, 3.05) is 26.7 Å². The van der Waals surface area contributed by atoms with Crippen LogP contribution in [0.25, 0.3) is 11.3 Å². The first-order chi connectivity index (χ1) is 15.6. The lowest BCUT2D eigenvalue weighted by molar-refractivity contribution is 0.0945. The SMILES string of the molecule is CN1CCC[C@H]1COc1cnccc1-c1[nH]c2c(c1Cc1cccc(F)c1)C(=O)NCC2. The summed E-state index contributed by atoms with van der Waals surface area (Å²) in [5, 5.41) is 2.94. The molecule has 2 N–H and O–H groups in total. The summed E-state index contributed by atoms with van der Waals surface area (Å²) in [7, 11) is 2.12. The number of benzene rings is 1. The van der Waals surface area contributed by atoms with Gasteiger partial charge in [0.2, 0.25) is 0 Å². The summed E-state index contributed by atoms with van der Waals surface area (Å²) in [5.74, 6) is 0.308. The average molecular weight is 435 g/mol. The Morgan fingerprint density at radius 1 is 1.31 bits per heavy atom. The molecule has 1 atom stereocenters. The molecule has 0 spiro atoms. The van der Waals surface area contributed by atoms with Crippen molar-refractivity contribution >= 4 is 5.91 Å². The molecule has 166 valence electrons. The van der Waals surface area contributed by atoms with Crippen LogP contribution in [0.4, 0.5) is 4.39 Å². The minimum Gasteiger partial charge on any atom is -0.490 e. The zero-order valence-electron chi connectivity index (χ0n) is 18.2. The normalized spacial score (nSPS) is 18.4. The number of aromatic nitrogens is 2. The molecule has 1 fully saturated rings.